The number of Topliss-reactive ketones (excluding diaryl/α,β-unsaturated/α-hetero) is 1. The molecule has 5 nitrogen and oxygen atoms in total. The van der Waals surface area contributed by atoms with Gasteiger partial charge in [0.15, 0.2) is 11.9 Å². The maximum absolute atomic E-state index is 12.4. The zero-order valence-electron chi connectivity index (χ0n) is 14.2. The molecule has 1 aliphatic rings. The van der Waals surface area contributed by atoms with Crippen LogP contribution in [0.5, 0.6) is 0 Å². The zero-order chi connectivity index (χ0) is 18.5. The van der Waals surface area contributed by atoms with E-state index in [9.17, 15) is 19.8 Å². The van der Waals surface area contributed by atoms with E-state index in [-0.39, 0.29) is 12.2 Å². The van der Waals surface area contributed by atoms with E-state index >= 15 is 0 Å². The normalized spacial score (nSPS) is 17.9. The van der Waals surface area contributed by atoms with Gasteiger partial charge >= 0.3 is 5.97 Å². The molecular weight excluding hydrogens is 332 g/mol. The summed E-state index contributed by atoms with van der Waals surface area (Å²) < 4.78 is 5.13. The summed E-state index contributed by atoms with van der Waals surface area (Å²) >= 11 is 0. The SMILES string of the molecule is O=C1OC(CCc2ccccc2)C(O)=C1C(=O)[C@@H](O)Cc1ccccc1. The summed E-state index contributed by atoms with van der Waals surface area (Å²) in [6.07, 6.45) is -1.23. The first-order valence-electron chi connectivity index (χ1n) is 8.50. The van der Waals surface area contributed by atoms with Crippen LogP contribution in [0.25, 0.3) is 0 Å². The van der Waals surface area contributed by atoms with E-state index in [1.807, 2.05) is 36.4 Å². The monoisotopic (exact) mass is 352 g/mol. The molecule has 2 N–H and O–H groups in total. The molecule has 0 saturated heterocycles. The van der Waals surface area contributed by atoms with Crippen LogP contribution < -0.4 is 0 Å². The number of esters is 1. The summed E-state index contributed by atoms with van der Waals surface area (Å²) in [4.78, 5) is 24.5. The molecule has 26 heavy (non-hydrogen) atoms. The van der Waals surface area contributed by atoms with Gasteiger partial charge in [0.1, 0.15) is 11.7 Å². The molecule has 1 aliphatic heterocycles. The highest BCUT2D eigenvalue weighted by Crippen LogP contribution is 2.26. The Hall–Kier alpha value is -2.92. The summed E-state index contributed by atoms with van der Waals surface area (Å²) in [7, 11) is 0. The third-order valence-corrected chi connectivity index (χ3v) is 4.37. The summed E-state index contributed by atoms with van der Waals surface area (Å²) in [5.41, 5.74) is 1.37. The number of hydrogen-bond acceptors (Lipinski definition) is 5. The first kappa shape index (κ1) is 17.9. The van der Waals surface area contributed by atoms with Crippen molar-refractivity contribution in [1.82, 2.24) is 0 Å². The minimum atomic E-state index is -1.41. The van der Waals surface area contributed by atoms with E-state index in [1.165, 1.54) is 0 Å². The molecule has 134 valence electrons. The maximum atomic E-state index is 12.4. The minimum Gasteiger partial charge on any atom is -0.507 e. The molecule has 2 aromatic carbocycles. The van der Waals surface area contributed by atoms with Crippen LogP contribution in [0.3, 0.4) is 0 Å². The van der Waals surface area contributed by atoms with E-state index in [1.54, 1.807) is 24.3 Å². The first-order valence-corrected chi connectivity index (χ1v) is 8.50. The standard InChI is InChI=1S/C21H20O5/c22-16(13-15-9-5-2-6-10-15)19(23)18-20(24)17(26-21(18)25)12-11-14-7-3-1-4-8-14/h1-10,16-17,22,24H,11-13H2/t16-,17?/m0/s1. The molecule has 0 saturated carbocycles. The van der Waals surface area contributed by atoms with Gasteiger partial charge in [-0.25, -0.2) is 4.79 Å². The molecule has 0 radical (unpaired) electrons. The lowest BCUT2D eigenvalue weighted by Crippen LogP contribution is -2.27. The number of aliphatic hydroxyl groups is 2. The molecule has 1 heterocycles. The number of carbonyl (C=O) groups is 2. The van der Waals surface area contributed by atoms with Crippen molar-refractivity contribution in [1.29, 1.82) is 0 Å². The van der Waals surface area contributed by atoms with E-state index < -0.39 is 29.5 Å². The Balaban J connectivity index is 1.68. The topological polar surface area (TPSA) is 83.8 Å². The van der Waals surface area contributed by atoms with E-state index in [0.717, 1.165) is 11.1 Å². The third kappa shape index (κ3) is 4.00. The number of aryl methyl sites for hydroxylation is 1. The fourth-order valence-electron chi connectivity index (χ4n) is 2.97. The number of carbonyl (C=O) groups excluding carboxylic acids is 2. The highest BCUT2D eigenvalue weighted by Gasteiger charge is 2.40. The predicted octanol–water partition coefficient (Wildman–Crippen LogP) is 2.53. The van der Waals surface area contributed by atoms with Gasteiger partial charge in [0.25, 0.3) is 0 Å². The number of benzene rings is 2. The maximum Gasteiger partial charge on any atom is 0.346 e. The predicted molar refractivity (Wildman–Crippen MR) is 95.5 cm³/mol. The van der Waals surface area contributed by atoms with Crippen molar-refractivity contribution in [2.45, 2.75) is 31.5 Å². The molecule has 3 rings (SSSR count). The summed E-state index contributed by atoms with van der Waals surface area (Å²) in [5, 5.41) is 20.4. The molecular formula is C21H20O5. The van der Waals surface area contributed by atoms with E-state index in [0.29, 0.717) is 12.8 Å². The molecule has 5 heteroatoms. The van der Waals surface area contributed by atoms with E-state index in [4.69, 9.17) is 4.74 Å². The second kappa shape index (κ2) is 7.97. The molecule has 0 amide bonds. The third-order valence-electron chi connectivity index (χ3n) is 4.37. The van der Waals surface area contributed by atoms with Gasteiger partial charge in [0.2, 0.25) is 5.78 Å². The summed E-state index contributed by atoms with van der Waals surface area (Å²) in [6, 6.07) is 18.6. The van der Waals surface area contributed by atoms with Crippen molar-refractivity contribution < 1.29 is 24.5 Å². The van der Waals surface area contributed by atoms with Gasteiger partial charge < -0.3 is 14.9 Å². The van der Waals surface area contributed by atoms with Gasteiger partial charge in [-0.15, -0.1) is 0 Å². The average molecular weight is 352 g/mol. The van der Waals surface area contributed by atoms with Crippen LogP contribution in [-0.2, 0) is 27.2 Å². The highest BCUT2D eigenvalue weighted by atomic mass is 16.6. The highest BCUT2D eigenvalue weighted by molar-refractivity contribution is 6.20. The Morgan fingerprint density at radius 2 is 1.58 bits per heavy atom. The Labute approximate surface area is 151 Å². The molecule has 0 fully saturated rings. The quantitative estimate of drug-likeness (QED) is 0.591. The molecule has 2 atom stereocenters. The van der Waals surface area contributed by atoms with Crippen molar-refractivity contribution in [2.75, 3.05) is 0 Å². The minimum absolute atomic E-state index is 0.0679. The van der Waals surface area contributed by atoms with Crippen LogP contribution in [0.15, 0.2) is 72.0 Å². The Bertz CT molecular complexity index is 811. The number of ether oxygens (including phenoxy) is 1. The van der Waals surface area contributed by atoms with Gasteiger partial charge in [0.05, 0.1) is 0 Å². The lowest BCUT2D eigenvalue weighted by Gasteiger charge is -2.10. The second-order valence-corrected chi connectivity index (χ2v) is 6.25. The zero-order valence-corrected chi connectivity index (χ0v) is 14.2. The van der Waals surface area contributed by atoms with Crippen molar-refractivity contribution >= 4 is 11.8 Å². The molecule has 0 aromatic heterocycles. The summed E-state index contributed by atoms with van der Waals surface area (Å²) in [5.74, 6) is -2.07. The molecule has 2 aromatic rings. The van der Waals surface area contributed by atoms with Gasteiger partial charge in [-0.2, -0.15) is 0 Å². The number of ketones is 1. The second-order valence-electron chi connectivity index (χ2n) is 6.25. The molecule has 0 bridgehead atoms. The smallest absolute Gasteiger partial charge is 0.346 e. The fourth-order valence-corrected chi connectivity index (χ4v) is 2.97. The fraction of sp³-hybridized carbons (Fsp3) is 0.238. The van der Waals surface area contributed by atoms with Crippen molar-refractivity contribution in [2.24, 2.45) is 0 Å². The average Bonchev–Trinajstić information content (AvgIpc) is 2.94. The van der Waals surface area contributed by atoms with Crippen LogP contribution in [0.2, 0.25) is 0 Å². The molecule has 0 aliphatic carbocycles. The number of hydrogen-bond donors (Lipinski definition) is 2. The molecule has 1 unspecified atom stereocenters. The van der Waals surface area contributed by atoms with Crippen LogP contribution in [-0.4, -0.2) is 34.2 Å². The Kier molecular flexibility index (Phi) is 5.49. The van der Waals surface area contributed by atoms with Gasteiger partial charge in [-0.1, -0.05) is 60.7 Å². The number of aliphatic hydroxyl groups excluding tert-OH is 2. The van der Waals surface area contributed by atoms with Crippen LogP contribution in [0.4, 0.5) is 0 Å². The Morgan fingerprint density at radius 3 is 2.19 bits per heavy atom. The van der Waals surface area contributed by atoms with Crippen LogP contribution in [0.1, 0.15) is 17.5 Å². The number of cyclic esters (lactones) is 1. The van der Waals surface area contributed by atoms with Crippen molar-refractivity contribution in [3.8, 4) is 0 Å². The van der Waals surface area contributed by atoms with Gasteiger partial charge in [-0.05, 0) is 24.0 Å². The largest absolute Gasteiger partial charge is 0.507 e. The van der Waals surface area contributed by atoms with Crippen LogP contribution >= 0.6 is 0 Å². The van der Waals surface area contributed by atoms with Gasteiger partial charge in [-0.3, -0.25) is 4.79 Å². The van der Waals surface area contributed by atoms with Crippen molar-refractivity contribution in [3.05, 3.63) is 83.1 Å². The van der Waals surface area contributed by atoms with E-state index in [2.05, 4.69) is 0 Å². The lowest BCUT2D eigenvalue weighted by molar-refractivity contribution is -0.142. The number of rotatable bonds is 7. The van der Waals surface area contributed by atoms with Crippen molar-refractivity contribution in [3.63, 3.8) is 0 Å². The van der Waals surface area contributed by atoms with Crippen LogP contribution in [0, 0.1) is 0 Å². The lowest BCUT2D eigenvalue weighted by atomic mass is 9.98. The molecule has 0 spiro atoms. The van der Waals surface area contributed by atoms with Gasteiger partial charge in [0, 0.05) is 6.42 Å². The Morgan fingerprint density at radius 1 is 1.00 bits per heavy atom. The summed E-state index contributed by atoms with van der Waals surface area (Å²) in [6.45, 7) is 0. The first-order chi connectivity index (χ1) is 12.6.